The monoisotopic (exact) mass is 565 g/mol. The van der Waals surface area contributed by atoms with Gasteiger partial charge in [0, 0.05) is 37.1 Å². The lowest BCUT2D eigenvalue weighted by Crippen LogP contribution is -2.35. The second-order valence-electron chi connectivity index (χ2n) is 9.85. The smallest absolute Gasteiger partial charge is 0.392 e. The minimum atomic E-state index is -4.67. The summed E-state index contributed by atoms with van der Waals surface area (Å²) in [6.45, 7) is 9.53. The van der Waals surface area contributed by atoms with Gasteiger partial charge in [-0.3, -0.25) is 10.00 Å². The van der Waals surface area contributed by atoms with Gasteiger partial charge in [-0.05, 0) is 50.8 Å². The summed E-state index contributed by atoms with van der Waals surface area (Å²) in [6.07, 6.45) is 3.88. The third-order valence-electron chi connectivity index (χ3n) is 6.70. The molecular formula is C28H39F4N7O. The van der Waals surface area contributed by atoms with Crippen LogP contribution >= 0.6 is 0 Å². The Kier molecular flexibility index (Phi) is 11.3. The predicted octanol–water partition coefficient (Wildman–Crippen LogP) is 6.87. The van der Waals surface area contributed by atoms with Gasteiger partial charge in [0.15, 0.2) is 5.82 Å². The van der Waals surface area contributed by atoms with Gasteiger partial charge in [-0.15, -0.1) is 0 Å². The van der Waals surface area contributed by atoms with Crippen LogP contribution in [0.2, 0.25) is 0 Å². The molecule has 40 heavy (non-hydrogen) atoms. The Hall–Kier alpha value is -3.25. The maximum Gasteiger partial charge on any atom is 0.421 e. The maximum atomic E-state index is 13.8. The number of aliphatic hydroxyl groups excluding tert-OH is 1. The van der Waals surface area contributed by atoms with E-state index in [0.29, 0.717) is 11.9 Å². The SMILES string of the molecule is CC.Cc1ccc(F)c(Nc2ncc(C(F)(F)F)c(Nc3cc(C)[nH]n3)n2)c1.OC1CCN(C2CCCCC2)C1. The first-order valence-corrected chi connectivity index (χ1v) is 13.8. The summed E-state index contributed by atoms with van der Waals surface area (Å²) in [5.74, 6) is -1.08. The van der Waals surface area contributed by atoms with Gasteiger partial charge in [-0.25, -0.2) is 9.37 Å². The van der Waals surface area contributed by atoms with E-state index in [1.165, 1.54) is 50.3 Å². The Bertz CT molecular complexity index is 1210. The molecule has 2 aliphatic rings. The minimum absolute atomic E-state index is 0.0353. The summed E-state index contributed by atoms with van der Waals surface area (Å²) < 4.78 is 53.5. The molecule has 1 aliphatic carbocycles. The van der Waals surface area contributed by atoms with Crippen LogP contribution in [-0.4, -0.2) is 55.4 Å². The fourth-order valence-electron chi connectivity index (χ4n) is 4.75. The molecule has 3 heterocycles. The number of hydrogen-bond donors (Lipinski definition) is 4. The Labute approximate surface area is 232 Å². The van der Waals surface area contributed by atoms with E-state index in [4.69, 9.17) is 0 Å². The molecule has 0 radical (unpaired) electrons. The topological polar surface area (TPSA) is 102 Å². The first-order valence-electron chi connectivity index (χ1n) is 13.8. The van der Waals surface area contributed by atoms with Crippen molar-refractivity contribution in [3.05, 3.63) is 53.1 Å². The molecule has 4 N–H and O–H groups in total. The van der Waals surface area contributed by atoms with Crippen molar-refractivity contribution in [1.29, 1.82) is 0 Å². The molecule has 1 aliphatic heterocycles. The van der Waals surface area contributed by atoms with E-state index in [0.717, 1.165) is 31.1 Å². The van der Waals surface area contributed by atoms with E-state index < -0.39 is 23.4 Å². The predicted molar refractivity (Wildman–Crippen MR) is 148 cm³/mol. The van der Waals surface area contributed by atoms with Crippen LogP contribution in [0.15, 0.2) is 30.5 Å². The zero-order valence-electron chi connectivity index (χ0n) is 23.4. The fraction of sp³-hybridized carbons (Fsp3) is 0.536. The normalized spacial score (nSPS) is 17.9. The molecule has 1 saturated heterocycles. The van der Waals surface area contributed by atoms with Crippen molar-refractivity contribution in [2.24, 2.45) is 0 Å². The number of likely N-dealkylation sites (tertiary alicyclic amines) is 1. The number of halogens is 4. The highest BCUT2D eigenvalue weighted by atomic mass is 19.4. The lowest BCUT2D eigenvalue weighted by Gasteiger charge is -2.30. The number of hydrogen-bond acceptors (Lipinski definition) is 7. The van der Waals surface area contributed by atoms with Gasteiger partial charge in [-0.1, -0.05) is 39.2 Å². The molecule has 1 unspecified atom stereocenters. The standard InChI is InChI=1S/C16H14F4N6.C10H19NO.C2H6/c1-8-3-4-11(17)12(5-8)22-15-21-7-10(16(18,19)20)14(24-15)23-13-6-9(2)25-26-13;12-10-6-7-11(8-10)9-4-2-1-3-5-9;1-2/h3-7H,1-2H3,(H3,21,22,23,24,25,26);9-10,12H,1-8H2;1-2H3. The van der Waals surface area contributed by atoms with Crippen LogP contribution < -0.4 is 10.6 Å². The Balaban J connectivity index is 0.000000262. The molecule has 0 bridgehead atoms. The fourth-order valence-corrected chi connectivity index (χ4v) is 4.75. The highest BCUT2D eigenvalue weighted by molar-refractivity contribution is 5.61. The minimum Gasteiger partial charge on any atom is -0.392 e. The number of aliphatic hydroxyl groups is 1. The molecule has 2 aromatic heterocycles. The maximum absolute atomic E-state index is 13.8. The molecule has 12 heteroatoms. The Morgan fingerprint density at radius 3 is 2.35 bits per heavy atom. The summed E-state index contributed by atoms with van der Waals surface area (Å²) in [7, 11) is 0. The molecule has 2 fully saturated rings. The summed E-state index contributed by atoms with van der Waals surface area (Å²) in [5.41, 5.74) is 0.432. The van der Waals surface area contributed by atoms with E-state index in [-0.39, 0.29) is 23.6 Å². The number of nitrogens with zero attached hydrogens (tertiary/aromatic N) is 4. The van der Waals surface area contributed by atoms with Gasteiger partial charge < -0.3 is 15.7 Å². The average Bonchev–Trinajstić information content (AvgIpc) is 3.55. The molecule has 1 atom stereocenters. The van der Waals surface area contributed by atoms with Crippen molar-refractivity contribution < 1.29 is 22.7 Å². The number of anilines is 4. The molecule has 3 aromatic rings. The zero-order chi connectivity index (χ0) is 29.3. The summed E-state index contributed by atoms with van der Waals surface area (Å²) in [5, 5.41) is 20.9. The van der Waals surface area contributed by atoms with Crippen molar-refractivity contribution in [1.82, 2.24) is 25.1 Å². The van der Waals surface area contributed by atoms with Gasteiger partial charge in [0.1, 0.15) is 17.2 Å². The largest absolute Gasteiger partial charge is 0.421 e. The Morgan fingerprint density at radius 1 is 1.02 bits per heavy atom. The van der Waals surface area contributed by atoms with Crippen LogP contribution in [0.4, 0.5) is 40.8 Å². The second kappa shape index (κ2) is 14.4. The van der Waals surface area contributed by atoms with Gasteiger partial charge in [0.05, 0.1) is 11.8 Å². The van der Waals surface area contributed by atoms with Crippen LogP contribution in [-0.2, 0) is 6.18 Å². The van der Waals surface area contributed by atoms with Crippen molar-refractivity contribution in [3.8, 4) is 0 Å². The summed E-state index contributed by atoms with van der Waals surface area (Å²) in [4.78, 5) is 9.97. The number of aromatic nitrogens is 4. The van der Waals surface area contributed by atoms with Gasteiger partial charge >= 0.3 is 6.18 Å². The third kappa shape index (κ3) is 8.88. The molecule has 8 nitrogen and oxygen atoms in total. The number of aromatic amines is 1. The number of benzene rings is 1. The molecule has 1 aromatic carbocycles. The lowest BCUT2D eigenvalue weighted by molar-refractivity contribution is -0.137. The molecule has 1 saturated carbocycles. The van der Waals surface area contributed by atoms with E-state index in [9.17, 15) is 22.7 Å². The van der Waals surface area contributed by atoms with Crippen molar-refractivity contribution in [2.45, 2.75) is 84.5 Å². The molecular weight excluding hydrogens is 526 g/mol. The number of aryl methyl sites for hydroxylation is 2. The first-order chi connectivity index (χ1) is 19.1. The van der Waals surface area contributed by atoms with Crippen molar-refractivity contribution >= 4 is 23.3 Å². The van der Waals surface area contributed by atoms with Crippen LogP contribution in [0.1, 0.15) is 69.2 Å². The van der Waals surface area contributed by atoms with Crippen LogP contribution in [0.25, 0.3) is 0 Å². The molecule has 220 valence electrons. The second-order valence-corrected chi connectivity index (χ2v) is 9.85. The van der Waals surface area contributed by atoms with E-state index >= 15 is 0 Å². The lowest BCUT2D eigenvalue weighted by atomic mass is 9.94. The number of nitrogens with one attached hydrogen (secondary N) is 3. The number of H-pyrrole nitrogens is 1. The number of alkyl halides is 3. The molecule has 5 rings (SSSR count). The van der Waals surface area contributed by atoms with Crippen molar-refractivity contribution in [3.63, 3.8) is 0 Å². The first kappa shape index (κ1) is 31.3. The number of rotatable bonds is 5. The third-order valence-corrected chi connectivity index (χ3v) is 6.70. The molecule has 0 amide bonds. The van der Waals surface area contributed by atoms with E-state index in [1.54, 1.807) is 19.9 Å². The van der Waals surface area contributed by atoms with E-state index in [1.807, 2.05) is 13.8 Å². The summed E-state index contributed by atoms with van der Waals surface area (Å²) in [6, 6.07) is 6.64. The van der Waals surface area contributed by atoms with E-state index in [2.05, 4.69) is 35.7 Å². The zero-order valence-corrected chi connectivity index (χ0v) is 23.4. The molecule has 0 spiro atoms. The van der Waals surface area contributed by atoms with Crippen LogP contribution in [0.3, 0.4) is 0 Å². The highest BCUT2D eigenvalue weighted by Crippen LogP contribution is 2.35. The summed E-state index contributed by atoms with van der Waals surface area (Å²) >= 11 is 0. The Morgan fingerprint density at radius 2 is 1.75 bits per heavy atom. The van der Waals surface area contributed by atoms with Crippen LogP contribution in [0.5, 0.6) is 0 Å². The van der Waals surface area contributed by atoms with Gasteiger partial charge in [0.2, 0.25) is 5.95 Å². The van der Waals surface area contributed by atoms with Crippen molar-refractivity contribution in [2.75, 3.05) is 23.7 Å². The highest BCUT2D eigenvalue weighted by Gasteiger charge is 2.35. The van der Waals surface area contributed by atoms with Gasteiger partial charge in [0.25, 0.3) is 0 Å². The number of β-amino-alcohol motifs (C(OH)–C–C–N with tert-alkyl or cyclic N) is 1. The average molecular weight is 566 g/mol. The van der Waals surface area contributed by atoms with Gasteiger partial charge in [-0.2, -0.15) is 23.3 Å². The van der Waals surface area contributed by atoms with Crippen LogP contribution in [0, 0.1) is 19.7 Å². The quantitative estimate of drug-likeness (QED) is 0.250.